The molecule has 5 heteroatoms. The molecule has 1 aromatic carbocycles. The molecule has 1 aliphatic carbocycles. The zero-order chi connectivity index (χ0) is 19.4. The summed E-state index contributed by atoms with van der Waals surface area (Å²) in [6, 6.07) is 4.75. The number of rotatable bonds is 6. The van der Waals surface area contributed by atoms with E-state index in [-0.39, 0.29) is 0 Å². The minimum absolute atomic E-state index is 0.393. The number of aliphatic hydroxyl groups is 1. The summed E-state index contributed by atoms with van der Waals surface area (Å²) in [6.07, 6.45) is 7.45. The molecule has 1 aliphatic heterocycles. The molecule has 27 heavy (non-hydrogen) atoms. The monoisotopic (exact) mass is 486 g/mol. The molecule has 3 rings (SSSR count). The molecule has 1 heterocycles. The Morgan fingerprint density at radius 2 is 1.74 bits per heavy atom. The van der Waals surface area contributed by atoms with Crippen molar-refractivity contribution in [3.63, 3.8) is 0 Å². The van der Waals surface area contributed by atoms with E-state index in [0.29, 0.717) is 11.8 Å². The number of likely N-dealkylation sites (tertiary alicyclic amines) is 1. The molecule has 0 radical (unpaired) electrons. The molecule has 0 amide bonds. The second kappa shape index (κ2) is 9.42. The lowest BCUT2D eigenvalue weighted by molar-refractivity contribution is -0.000850. The number of hydrogen-bond acceptors (Lipinski definition) is 4. The van der Waals surface area contributed by atoms with Gasteiger partial charge in [0.05, 0.1) is 9.17 Å². The topological polar surface area (TPSA) is 46.9 Å². The highest BCUT2D eigenvalue weighted by molar-refractivity contribution is 14.1. The summed E-state index contributed by atoms with van der Waals surface area (Å²) < 4.78 is 0.858. The van der Waals surface area contributed by atoms with E-state index in [0.717, 1.165) is 73.1 Å². The third kappa shape index (κ3) is 4.98. The van der Waals surface area contributed by atoms with E-state index in [4.69, 9.17) is 0 Å². The Hall–Kier alpha value is -0.370. The number of benzene rings is 1. The van der Waals surface area contributed by atoms with Crippen molar-refractivity contribution >= 4 is 22.6 Å². The zero-order valence-electron chi connectivity index (χ0n) is 16.9. The summed E-state index contributed by atoms with van der Waals surface area (Å²) in [4.78, 5) is 5.02. The van der Waals surface area contributed by atoms with E-state index in [1.54, 1.807) is 0 Å². The van der Waals surface area contributed by atoms with E-state index in [9.17, 15) is 10.2 Å². The minimum atomic E-state index is -0.712. The van der Waals surface area contributed by atoms with Crippen molar-refractivity contribution in [1.29, 1.82) is 0 Å². The van der Waals surface area contributed by atoms with E-state index >= 15 is 0 Å². The Bertz CT molecular complexity index is 619. The van der Waals surface area contributed by atoms with Gasteiger partial charge < -0.3 is 15.1 Å². The summed E-state index contributed by atoms with van der Waals surface area (Å²) in [7, 11) is 0. The van der Waals surface area contributed by atoms with Crippen LogP contribution in [0.25, 0.3) is 0 Å². The molecule has 0 unspecified atom stereocenters. The quantitative estimate of drug-likeness (QED) is 0.584. The van der Waals surface area contributed by atoms with E-state index in [1.165, 1.54) is 19.3 Å². The molecular formula is C22H35IN2O2. The molecule has 152 valence electrons. The number of nitrogens with zero attached hydrogens (tertiary/aromatic N) is 2. The van der Waals surface area contributed by atoms with Gasteiger partial charge in [0, 0.05) is 18.2 Å². The first-order valence-electron chi connectivity index (χ1n) is 10.7. The van der Waals surface area contributed by atoms with Gasteiger partial charge in [0.15, 0.2) is 0 Å². The van der Waals surface area contributed by atoms with Crippen LogP contribution in [0.5, 0.6) is 5.75 Å². The van der Waals surface area contributed by atoms with Crippen LogP contribution in [0.15, 0.2) is 12.1 Å². The second-order valence-electron chi connectivity index (χ2n) is 8.29. The smallest absolute Gasteiger partial charge is 0.133 e. The molecule has 2 fully saturated rings. The number of hydrogen-bond donors (Lipinski definition) is 2. The maximum atomic E-state index is 11.1. The molecule has 0 spiro atoms. The van der Waals surface area contributed by atoms with Crippen LogP contribution >= 0.6 is 22.6 Å². The van der Waals surface area contributed by atoms with Crippen molar-refractivity contribution in [2.45, 2.75) is 77.0 Å². The Labute approximate surface area is 178 Å². The average molecular weight is 486 g/mol. The first-order valence-corrected chi connectivity index (χ1v) is 11.8. The largest absolute Gasteiger partial charge is 0.507 e. The lowest BCUT2D eigenvalue weighted by Crippen LogP contribution is -2.44. The molecule has 1 aromatic rings. The van der Waals surface area contributed by atoms with E-state index in [1.807, 2.05) is 6.07 Å². The van der Waals surface area contributed by atoms with Gasteiger partial charge in [-0.15, -0.1) is 0 Å². The van der Waals surface area contributed by atoms with Gasteiger partial charge in [-0.3, -0.25) is 4.90 Å². The molecule has 2 aliphatic rings. The van der Waals surface area contributed by atoms with Gasteiger partial charge in [-0.25, -0.2) is 0 Å². The molecule has 0 atom stereocenters. The fourth-order valence-electron chi connectivity index (χ4n) is 4.89. The van der Waals surface area contributed by atoms with Gasteiger partial charge in [-0.2, -0.15) is 0 Å². The van der Waals surface area contributed by atoms with Gasteiger partial charge in [0.25, 0.3) is 0 Å². The minimum Gasteiger partial charge on any atom is -0.507 e. The highest BCUT2D eigenvalue weighted by Gasteiger charge is 2.32. The third-order valence-electron chi connectivity index (χ3n) is 6.64. The van der Waals surface area contributed by atoms with Crippen LogP contribution in [0.1, 0.15) is 69.9 Å². The fraction of sp³-hybridized carbons (Fsp3) is 0.727. The van der Waals surface area contributed by atoms with Crippen LogP contribution in [0, 0.1) is 3.57 Å². The maximum absolute atomic E-state index is 11.1. The molecule has 2 N–H and O–H groups in total. The summed E-state index contributed by atoms with van der Waals surface area (Å²) in [5.41, 5.74) is 1.26. The highest BCUT2D eigenvalue weighted by atomic mass is 127. The van der Waals surface area contributed by atoms with Crippen molar-refractivity contribution in [1.82, 2.24) is 9.80 Å². The first-order chi connectivity index (χ1) is 13.0. The Kier molecular flexibility index (Phi) is 7.44. The predicted octanol–water partition coefficient (Wildman–Crippen LogP) is 4.45. The predicted molar refractivity (Wildman–Crippen MR) is 119 cm³/mol. The van der Waals surface area contributed by atoms with Crippen LogP contribution in [0.4, 0.5) is 0 Å². The summed E-state index contributed by atoms with van der Waals surface area (Å²) in [6.45, 7) is 9.67. The maximum Gasteiger partial charge on any atom is 0.133 e. The lowest BCUT2D eigenvalue weighted by atomic mass is 9.79. The number of halogens is 1. The van der Waals surface area contributed by atoms with Crippen molar-refractivity contribution in [3.8, 4) is 5.75 Å². The number of phenolic OH excluding ortho intramolecular Hbond substituents is 1. The van der Waals surface area contributed by atoms with E-state index in [2.05, 4.69) is 52.3 Å². The van der Waals surface area contributed by atoms with Gasteiger partial charge in [-0.05, 0) is 92.1 Å². The molecule has 1 saturated heterocycles. The highest BCUT2D eigenvalue weighted by Crippen LogP contribution is 2.40. The van der Waals surface area contributed by atoms with Crippen LogP contribution in [-0.2, 0) is 12.1 Å². The van der Waals surface area contributed by atoms with Gasteiger partial charge in [0.1, 0.15) is 5.75 Å². The van der Waals surface area contributed by atoms with Crippen LogP contribution < -0.4 is 0 Å². The molecule has 4 nitrogen and oxygen atoms in total. The zero-order valence-corrected chi connectivity index (χ0v) is 19.0. The van der Waals surface area contributed by atoms with Crippen LogP contribution in [0.2, 0.25) is 0 Å². The number of aromatic hydroxyl groups is 1. The van der Waals surface area contributed by atoms with E-state index < -0.39 is 5.60 Å². The molecule has 0 aromatic heterocycles. The van der Waals surface area contributed by atoms with Gasteiger partial charge >= 0.3 is 0 Å². The fourth-order valence-corrected chi connectivity index (χ4v) is 5.58. The third-order valence-corrected chi connectivity index (χ3v) is 7.46. The summed E-state index contributed by atoms with van der Waals surface area (Å²) in [5, 5.41) is 21.8. The summed E-state index contributed by atoms with van der Waals surface area (Å²) in [5.74, 6) is 0.393. The molecular weight excluding hydrogens is 451 g/mol. The Balaban J connectivity index is 1.70. The lowest BCUT2D eigenvalue weighted by Gasteiger charge is -2.38. The standard InChI is InChI=1S/C22H35IN2O2/c1-3-25(4-2)19-8-12-24(13-9-19)16-17-14-18(15-20(23)21(17)26)22(27)10-6-5-7-11-22/h14-15,19,26-27H,3-13,16H2,1-2H3. The van der Waals surface area contributed by atoms with Crippen LogP contribution in [-0.4, -0.2) is 52.2 Å². The molecule has 0 bridgehead atoms. The number of piperidine rings is 1. The summed E-state index contributed by atoms with van der Waals surface area (Å²) >= 11 is 2.21. The Morgan fingerprint density at radius 3 is 2.33 bits per heavy atom. The van der Waals surface area contributed by atoms with Gasteiger partial charge in [-0.1, -0.05) is 33.1 Å². The van der Waals surface area contributed by atoms with Crippen molar-refractivity contribution in [3.05, 3.63) is 26.8 Å². The van der Waals surface area contributed by atoms with Crippen molar-refractivity contribution < 1.29 is 10.2 Å². The first kappa shape index (κ1) is 21.3. The normalized spacial score (nSPS) is 21.7. The van der Waals surface area contributed by atoms with Crippen LogP contribution in [0.3, 0.4) is 0 Å². The molecule has 1 saturated carbocycles. The van der Waals surface area contributed by atoms with Gasteiger partial charge in [0.2, 0.25) is 0 Å². The van der Waals surface area contributed by atoms with Crippen molar-refractivity contribution in [2.75, 3.05) is 26.2 Å². The van der Waals surface area contributed by atoms with Crippen molar-refractivity contribution in [2.24, 2.45) is 0 Å². The SMILES string of the molecule is CCN(CC)C1CCN(Cc2cc(C3(O)CCCCC3)cc(I)c2O)CC1. The average Bonchev–Trinajstić information content (AvgIpc) is 2.68. The number of phenols is 1. The Morgan fingerprint density at radius 1 is 1.11 bits per heavy atom. The second-order valence-corrected chi connectivity index (χ2v) is 9.45.